The van der Waals surface area contributed by atoms with Gasteiger partial charge in [0, 0.05) is 10.9 Å². The molecule has 2 aromatic rings. The number of hydrogen-bond donors (Lipinski definition) is 0. The van der Waals surface area contributed by atoms with Crippen LogP contribution in [-0.2, 0) is 0 Å². The molecule has 16 heavy (non-hydrogen) atoms. The van der Waals surface area contributed by atoms with E-state index in [0.717, 1.165) is 20.9 Å². The van der Waals surface area contributed by atoms with E-state index in [4.69, 9.17) is 4.74 Å². The summed E-state index contributed by atoms with van der Waals surface area (Å²) in [5.74, 6) is 0.876. The van der Waals surface area contributed by atoms with Crippen molar-refractivity contribution in [1.29, 1.82) is 0 Å². The first-order valence-corrected chi connectivity index (χ1v) is 6.55. The van der Waals surface area contributed by atoms with Gasteiger partial charge in [-0.25, -0.2) is 4.98 Å². The molecule has 0 N–H and O–H groups in total. The molecule has 2 nitrogen and oxygen atoms in total. The summed E-state index contributed by atoms with van der Waals surface area (Å²) in [6, 6.07) is 4.17. The van der Waals surface area contributed by atoms with E-state index in [1.807, 2.05) is 5.38 Å². The van der Waals surface area contributed by atoms with Gasteiger partial charge in [-0.1, -0.05) is 0 Å². The van der Waals surface area contributed by atoms with Gasteiger partial charge in [-0.2, -0.15) is 0 Å². The molecule has 0 bridgehead atoms. The number of methoxy groups -OCH3 is 1. The normalized spacial score (nSPS) is 10.5. The highest BCUT2D eigenvalue weighted by molar-refractivity contribution is 9.11. The van der Waals surface area contributed by atoms with E-state index in [-0.39, 0.29) is 0 Å². The molecule has 0 saturated heterocycles. The molecule has 0 amide bonds. The average Bonchev–Trinajstić information content (AvgIpc) is 2.68. The first kappa shape index (κ1) is 11.6. The lowest BCUT2D eigenvalue weighted by Crippen LogP contribution is -1.91. The standard InChI is InChI=1S/C12H12BrNOS/c1-7-4-9(10-6-16-12(13)14-10)11(15-3)5-8(7)2/h4-6H,1-3H3. The van der Waals surface area contributed by atoms with Crippen molar-refractivity contribution in [2.75, 3.05) is 7.11 Å². The minimum absolute atomic E-state index is 0.876. The second-order valence-electron chi connectivity index (χ2n) is 3.62. The summed E-state index contributed by atoms with van der Waals surface area (Å²) in [5.41, 5.74) is 4.49. The van der Waals surface area contributed by atoms with Gasteiger partial charge in [-0.15, -0.1) is 11.3 Å². The highest BCUT2D eigenvalue weighted by Gasteiger charge is 2.10. The highest BCUT2D eigenvalue weighted by atomic mass is 79.9. The van der Waals surface area contributed by atoms with Gasteiger partial charge >= 0.3 is 0 Å². The summed E-state index contributed by atoms with van der Waals surface area (Å²) >= 11 is 4.95. The molecule has 0 spiro atoms. The van der Waals surface area contributed by atoms with Crippen molar-refractivity contribution in [2.45, 2.75) is 13.8 Å². The zero-order valence-electron chi connectivity index (χ0n) is 9.37. The van der Waals surface area contributed by atoms with E-state index < -0.39 is 0 Å². The van der Waals surface area contributed by atoms with Crippen LogP contribution < -0.4 is 4.74 Å². The van der Waals surface area contributed by atoms with E-state index in [0.29, 0.717) is 0 Å². The second-order valence-corrected chi connectivity index (χ2v) is 5.76. The van der Waals surface area contributed by atoms with Crippen LogP contribution in [0.4, 0.5) is 0 Å². The largest absolute Gasteiger partial charge is 0.496 e. The van der Waals surface area contributed by atoms with Crippen LogP contribution in [0, 0.1) is 13.8 Å². The number of benzene rings is 1. The number of ether oxygens (including phenoxy) is 1. The van der Waals surface area contributed by atoms with Crippen LogP contribution in [0.25, 0.3) is 11.3 Å². The Morgan fingerprint density at radius 3 is 2.50 bits per heavy atom. The Kier molecular flexibility index (Phi) is 3.30. The number of rotatable bonds is 2. The van der Waals surface area contributed by atoms with Crippen molar-refractivity contribution in [3.8, 4) is 17.0 Å². The molecule has 2 rings (SSSR count). The molecular weight excluding hydrogens is 286 g/mol. The van der Waals surface area contributed by atoms with E-state index in [9.17, 15) is 0 Å². The fourth-order valence-electron chi connectivity index (χ4n) is 1.53. The summed E-state index contributed by atoms with van der Waals surface area (Å²) < 4.78 is 6.29. The van der Waals surface area contributed by atoms with Gasteiger partial charge in [0.05, 0.1) is 12.8 Å². The molecule has 0 fully saturated rings. The first-order valence-electron chi connectivity index (χ1n) is 4.88. The lowest BCUT2D eigenvalue weighted by atomic mass is 10.0. The Morgan fingerprint density at radius 2 is 1.94 bits per heavy atom. The number of thiazole rings is 1. The summed E-state index contributed by atoms with van der Waals surface area (Å²) in [5, 5.41) is 2.02. The third-order valence-electron chi connectivity index (χ3n) is 2.57. The van der Waals surface area contributed by atoms with Crippen LogP contribution in [0.1, 0.15) is 11.1 Å². The number of aromatic nitrogens is 1. The van der Waals surface area contributed by atoms with E-state index >= 15 is 0 Å². The number of halogens is 1. The highest BCUT2D eigenvalue weighted by Crippen LogP contribution is 2.34. The Morgan fingerprint density at radius 1 is 1.25 bits per heavy atom. The predicted octanol–water partition coefficient (Wildman–Crippen LogP) is 4.20. The number of nitrogens with zero attached hydrogens (tertiary/aromatic N) is 1. The zero-order valence-corrected chi connectivity index (χ0v) is 11.8. The van der Waals surface area contributed by atoms with Gasteiger partial charge in [-0.3, -0.25) is 0 Å². The van der Waals surface area contributed by atoms with Crippen LogP contribution >= 0.6 is 27.3 Å². The molecule has 0 unspecified atom stereocenters. The number of aryl methyl sites for hydroxylation is 2. The Labute approximate surface area is 107 Å². The van der Waals surface area contributed by atoms with Crippen molar-refractivity contribution in [3.63, 3.8) is 0 Å². The topological polar surface area (TPSA) is 22.1 Å². The van der Waals surface area contributed by atoms with Crippen molar-refractivity contribution >= 4 is 27.3 Å². The van der Waals surface area contributed by atoms with Crippen molar-refractivity contribution in [3.05, 3.63) is 32.6 Å². The fraction of sp³-hybridized carbons (Fsp3) is 0.250. The third-order valence-corrected chi connectivity index (χ3v) is 3.93. The minimum atomic E-state index is 0.876. The third kappa shape index (κ3) is 2.13. The van der Waals surface area contributed by atoms with Crippen molar-refractivity contribution in [1.82, 2.24) is 4.98 Å². The van der Waals surface area contributed by atoms with Crippen LogP contribution in [0.3, 0.4) is 0 Å². The summed E-state index contributed by atoms with van der Waals surface area (Å²) in [6.45, 7) is 4.18. The molecule has 0 saturated carbocycles. The summed E-state index contributed by atoms with van der Waals surface area (Å²) in [6.07, 6.45) is 0. The molecule has 1 heterocycles. The maximum Gasteiger partial charge on any atom is 0.159 e. The molecule has 0 aliphatic rings. The summed E-state index contributed by atoms with van der Waals surface area (Å²) in [7, 11) is 1.69. The molecule has 4 heteroatoms. The van der Waals surface area contributed by atoms with Crippen molar-refractivity contribution in [2.24, 2.45) is 0 Å². The Balaban J connectivity index is 2.59. The van der Waals surface area contributed by atoms with E-state index in [2.05, 4.69) is 46.9 Å². The van der Waals surface area contributed by atoms with Gasteiger partial charge in [0.15, 0.2) is 3.92 Å². The van der Waals surface area contributed by atoms with E-state index in [1.165, 1.54) is 11.1 Å². The molecule has 1 aromatic carbocycles. The Bertz CT molecular complexity index is 522. The fourth-order valence-corrected chi connectivity index (χ4v) is 2.55. The van der Waals surface area contributed by atoms with Gasteiger partial charge in [-0.05, 0) is 53.0 Å². The van der Waals surface area contributed by atoms with Crippen molar-refractivity contribution < 1.29 is 4.74 Å². The van der Waals surface area contributed by atoms with Crippen LogP contribution in [0.15, 0.2) is 21.4 Å². The van der Waals surface area contributed by atoms with Crippen LogP contribution in [0.2, 0.25) is 0 Å². The molecule has 0 aliphatic carbocycles. The lowest BCUT2D eigenvalue weighted by molar-refractivity contribution is 0.416. The summed E-state index contributed by atoms with van der Waals surface area (Å²) in [4.78, 5) is 4.42. The van der Waals surface area contributed by atoms with Gasteiger partial charge < -0.3 is 4.74 Å². The van der Waals surface area contributed by atoms with Gasteiger partial charge in [0.2, 0.25) is 0 Å². The van der Waals surface area contributed by atoms with Gasteiger partial charge in [0.1, 0.15) is 5.75 Å². The monoisotopic (exact) mass is 297 g/mol. The quantitative estimate of drug-likeness (QED) is 0.829. The SMILES string of the molecule is COc1cc(C)c(C)cc1-c1csc(Br)n1. The molecule has 84 valence electrons. The molecule has 0 atom stereocenters. The lowest BCUT2D eigenvalue weighted by Gasteiger charge is -2.09. The number of hydrogen-bond acceptors (Lipinski definition) is 3. The maximum absolute atomic E-state index is 5.39. The smallest absolute Gasteiger partial charge is 0.159 e. The van der Waals surface area contributed by atoms with E-state index in [1.54, 1.807) is 18.4 Å². The molecular formula is C12H12BrNOS. The Hall–Kier alpha value is -0.870. The molecule has 1 aromatic heterocycles. The maximum atomic E-state index is 5.39. The molecule has 0 aliphatic heterocycles. The minimum Gasteiger partial charge on any atom is -0.496 e. The van der Waals surface area contributed by atoms with Gasteiger partial charge in [0.25, 0.3) is 0 Å². The zero-order chi connectivity index (χ0) is 11.7. The van der Waals surface area contributed by atoms with Crippen LogP contribution in [0.5, 0.6) is 5.75 Å². The average molecular weight is 298 g/mol. The molecule has 0 radical (unpaired) electrons. The van der Waals surface area contributed by atoms with Crippen LogP contribution in [-0.4, -0.2) is 12.1 Å². The first-order chi connectivity index (χ1) is 7.61. The predicted molar refractivity (Wildman–Crippen MR) is 71.3 cm³/mol. The second kappa shape index (κ2) is 4.55.